The first kappa shape index (κ1) is 19.5. The van der Waals surface area contributed by atoms with Gasteiger partial charge in [-0.25, -0.2) is 9.37 Å². The maximum Gasteiger partial charge on any atom is 0.229 e. The lowest BCUT2D eigenvalue weighted by atomic mass is 10.2. The zero-order valence-corrected chi connectivity index (χ0v) is 17.1. The predicted octanol–water partition coefficient (Wildman–Crippen LogP) is 5.55. The Hall–Kier alpha value is -2.77. The van der Waals surface area contributed by atoms with Crippen LogP contribution in [0.3, 0.4) is 0 Å². The number of aromatic nitrogens is 2. The monoisotopic (exact) mass is 423 g/mol. The minimum Gasteiger partial charge on any atom is -0.284 e. The lowest BCUT2D eigenvalue weighted by Gasteiger charge is -2.20. The Morgan fingerprint density at radius 2 is 1.97 bits per heavy atom. The Bertz CT molecular complexity index is 1100. The summed E-state index contributed by atoms with van der Waals surface area (Å²) >= 11 is 2.97. The van der Waals surface area contributed by atoms with Crippen LogP contribution in [-0.2, 0) is 11.3 Å². The van der Waals surface area contributed by atoms with E-state index >= 15 is 0 Å². The molecule has 0 aliphatic carbocycles. The molecule has 0 bridgehead atoms. The van der Waals surface area contributed by atoms with Crippen molar-refractivity contribution in [2.24, 2.45) is 0 Å². The van der Waals surface area contributed by atoms with Gasteiger partial charge in [0.2, 0.25) is 5.91 Å². The third kappa shape index (κ3) is 4.99. The van der Waals surface area contributed by atoms with Crippen LogP contribution in [0.2, 0.25) is 0 Å². The summed E-state index contributed by atoms with van der Waals surface area (Å²) in [6.07, 6.45) is 3.82. The van der Waals surface area contributed by atoms with Crippen molar-refractivity contribution < 1.29 is 9.18 Å². The fourth-order valence-electron chi connectivity index (χ4n) is 2.85. The Balaban J connectivity index is 1.54. The van der Waals surface area contributed by atoms with Gasteiger partial charge in [-0.2, -0.15) is 0 Å². The lowest BCUT2D eigenvalue weighted by Crippen LogP contribution is -2.30. The normalized spacial score (nSPS) is 10.9. The van der Waals surface area contributed by atoms with Crippen LogP contribution in [0.25, 0.3) is 10.2 Å². The molecule has 7 heteroatoms. The molecule has 29 heavy (non-hydrogen) atoms. The van der Waals surface area contributed by atoms with Crippen molar-refractivity contribution in [2.45, 2.75) is 17.9 Å². The number of nitrogens with zero attached hydrogens (tertiary/aromatic N) is 3. The van der Waals surface area contributed by atoms with Crippen LogP contribution in [0.4, 0.5) is 9.52 Å². The Labute approximate surface area is 176 Å². The molecule has 2 heterocycles. The smallest absolute Gasteiger partial charge is 0.229 e. The van der Waals surface area contributed by atoms with Gasteiger partial charge in [0.15, 0.2) is 5.13 Å². The molecular formula is C22H18FN3OS2. The summed E-state index contributed by atoms with van der Waals surface area (Å²) in [4.78, 5) is 24.6. The summed E-state index contributed by atoms with van der Waals surface area (Å²) < 4.78 is 14.3. The molecule has 0 saturated carbocycles. The van der Waals surface area contributed by atoms with E-state index in [-0.39, 0.29) is 11.7 Å². The highest BCUT2D eigenvalue weighted by atomic mass is 32.2. The number of amides is 1. The molecular weight excluding hydrogens is 405 g/mol. The van der Waals surface area contributed by atoms with Crippen LogP contribution in [0.1, 0.15) is 12.0 Å². The third-order valence-electron chi connectivity index (χ3n) is 4.26. The van der Waals surface area contributed by atoms with Crippen LogP contribution < -0.4 is 4.90 Å². The average Bonchev–Trinajstić information content (AvgIpc) is 3.16. The van der Waals surface area contributed by atoms with Gasteiger partial charge in [0.1, 0.15) is 5.82 Å². The van der Waals surface area contributed by atoms with E-state index in [2.05, 4.69) is 9.97 Å². The number of benzene rings is 2. The minimum atomic E-state index is -0.308. The van der Waals surface area contributed by atoms with E-state index < -0.39 is 0 Å². The fraction of sp³-hybridized carbons (Fsp3) is 0.136. The molecule has 0 atom stereocenters. The Kier molecular flexibility index (Phi) is 6.17. The van der Waals surface area contributed by atoms with Gasteiger partial charge >= 0.3 is 0 Å². The molecule has 0 saturated heterocycles. The molecule has 0 radical (unpaired) electrons. The molecule has 0 fully saturated rings. The molecule has 146 valence electrons. The average molecular weight is 424 g/mol. The van der Waals surface area contributed by atoms with Gasteiger partial charge in [-0.1, -0.05) is 35.6 Å². The second-order valence-electron chi connectivity index (χ2n) is 6.36. The SMILES string of the molecule is O=C(CCSc1ccccc1)N(Cc1cccnc1)c1nc2ccc(F)cc2s1. The number of pyridine rings is 1. The molecule has 2 aromatic heterocycles. The second kappa shape index (κ2) is 9.15. The zero-order valence-electron chi connectivity index (χ0n) is 15.5. The minimum absolute atomic E-state index is 0.0168. The van der Waals surface area contributed by atoms with Crippen molar-refractivity contribution >= 4 is 44.4 Å². The van der Waals surface area contributed by atoms with Crippen LogP contribution in [0, 0.1) is 5.82 Å². The number of rotatable bonds is 7. The standard InChI is InChI=1S/C22H18FN3OS2/c23-17-8-9-19-20(13-17)29-22(25-19)26(15-16-5-4-11-24-14-16)21(27)10-12-28-18-6-2-1-3-7-18/h1-9,11,13-14H,10,12,15H2. The van der Waals surface area contributed by atoms with Gasteiger partial charge in [0.25, 0.3) is 0 Å². The second-order valence-corrected chi connectivity index (χ2v) is 8.54. The Morgan fingerprint density at radius 1 is 1.10 bits per heavy atom. The number of thioether (sulfide) groups is 1. The summed E-state index contributed by atoms with van der Waals surface area (Å²) in [7, 11) is 0. The number of fused-ring (bicyclic) bond motifs is 1. The van der Waals surface area contributed by atoms with Crippen molar-refractivity contribution in [2.75, 3.05) is 10.7 Å². The van der Waals surface area contributed by atoms with E-state index in [0.717, 1.165) is 15.2 Å². The highest BCUT2D eigenvalue weighted by molar-refractivity contribution is 7.99. The van der Waals surface area contributed by atoms with Crippen molar-refractivity contribution in [3.8, 4) is 0 Å². The van der Waals surface area contributed by atoms with Gasteiger partial charge < -0.3 is 0 Å². The predicted molar refractivity (Wildman–Crippen MR) is 117 cm³/mol. The van der Waals surface area contributed by atoms with Crippen molar-refractivity contribution in [3.63, 3.8) is 0 Å². The van der Waals surface area contributed by atoms with Gasteiger partial charge in [0.05, 0.1) is 16.8 Å². The quantitative estimate of drug-likeness (QED) is 0.366. The fourth-order valence-corrected chi connectivity index (χ4v) is 4.72. The molecule has 0 spiro atoms. The van der Waals surface area contributed by atoms with E-state index in [9.17, 15) is 9.18 Å². The molecule has 0 unspecified atom stereocenters. The van der Waals surface area contributed by atoms with Gasteiger partial charge in [0, 0.05) is 29.5 Å². The van der Waals surface area contributed by atoms with Gasteiger partial charge in [-0.05, 0) is 42.0 Å². The number of thiazole rings is 1. The van der Waals surface area contributed by atoms with E-state index in [4.69, 9.17) is 0 Å². The number of halogens is 1. The van der Waals surface area contributed by atoms with Gasteiger partial charge in [-0.3, -0.25) is 14.7 Å². The number of anilines is 1. The maximum absolute atomic E-state index is 13.6. The van der Waals surface area contributed by atoms with Gasteiger partial charge in [-0.15, -0.1) is 11.8 Å². The lowest BCUT2D eigenvalue weighted by molar-refractivity contribution is -0.118. The number of hydrogen-bond acceptors (Lipinski definition) is 5. The zero-order chi connectivity index (χ0) is 20.1. The van der Waals surface area contributed by atoms with Crippen LogP contribution in [-0.4, -0.2) is 21.6 Å². The molecule has 4 rings (SSSR count). The summed E-state index contributed by atoms with van der Waals surface area (Å²) in [6, 6.07) is 18.3. The molecule has 0 aliphatic heterocycles. The highest BCUT2D eigenvalue weighted by Gasteiger charge is 2.20. The summed E-state index contributed by atoms with van der Waals surface area (Å²) in [5, 5.41) is 0.573. The first-order valence-electron chi connectivity index (χ1n) is 9.12. The summed E-state index contributed by atoms with van der Waals surface area (Å²) in [5.41, 5.74) is 1.61. The van der Waals surface area contributed by atoms with Crippen molar-refractivity contribution in [1.29, 1.82) is 0 Å². The number of carbonyl (C=O) groups excluding carboxylic acids is 1. The first-order chi connectivity index (χ1) is 14.2. The Morgan fingerprint density at radius 3 is 2.76 bits per heavy atom. The van der Waals surface area contributed by atoms with Crippen molar-refractivity contribution in [1.82, 2.24) is 9.97 Å². The van der Waals surface area contributed by atoms with Crippen molar-refractivity contribution in [3.05, 3.63) is 84.4 Å². The molecule has 0 N–H and O–H groups in total. The van der Waals surface area contributed by atoms with E-state index in [1.807, 2.05) is 42.5 Å². The first-order valence-corrected chi connectivity index (χ1v) is 10.9. The molecule has 4 aromatic rings. The summed E-state index contributed by atoms with van der Waals surface area (Å²) in [5.74, 6) is 0.347. The van der Waals surface area contributed by atoms with Crippen LogP contribution >= 0.6 is 23.1 Å². The topological polar surface area (TPSA) is 46.1 Å². The summed E-state index contributed by atoms with van der Waals surface area (Å²) in [6.45, 7) is 0.380. The molecule has 2 aromatic carbocycles. The maximum atomic E-state index is 13.6. The molecule has 4 nitrogen and oxygen atoms in total. The highest BCUT2D eigenvalue weighted by Crippen LogP contribution is 2.31. The number of carbonyl (C=O) groups is 1. The van der Waals surface area contributed by atoms with Crippen LogP contribution in [0.5, 0.6) is 0 Å². The van der Waals surface area contributed by atoms with Crippen LogP contribution in [0.15, 0.2) is 78.0 Å². The largest absolute Gasteiger partial charge is 0.284 e. The number of hydrogen-bond donors (Lipinski definition) is 0. The molecule has 1 amide bonds. The third-order valence-corrected chi connectivity index (χ3v) is 6.32. The van der Waals surface area contributed by atoms with E-state index in [0.29, 0.717) is 29.4 Å². The van der Waals surface area contributed by atoms with E-state index in [1.165, 1.54) is 23.5 Å². The van der Waals surface area contributed by atoms with E-state index in [1.54, 1.807) is 35.1 Å². The molecule has 0 aliphatic rings.